The summed E-state index contributed by atoms with van der Waals surface area (Å²) in [5.74, 6) is -0.548. The summed E-state index contributed by atoms with van der Waals surface area (Å²) in [5.41, 5.74) is 2.95. The molecule has 1 aromatic heterocycles. The topological polar surface area (TPSA) is 83.1 Å². The van der Waals surface area contributed by atoms with Crippen LogP contribution in [0.5, 0.6) is 0 Å². The summed E-state index contributed by atoms with van der Waals surface area (Å²) in [7, 11) is 0. The van der Waals surface area contributed by atoms with Gasteiger partial charge in [0, 0.05) is 44.1 Å². The first kappa shape index (κ1) is 22.6. The first-order chi connectivity index (χ1) is 17.5. The van der Waals surface area contributed by atoms with Crippen molar-refractivity contribution in [3.63, 3.8) is 0 Å². The van der Waals surface area contributed by atoms with Gasteiger partial charge >= 0.3 is 0 Å². The number of hydrogen-bond acceptors (Lipinski definition) is 6. The van der Waals surface area contributed by atoms with Crippen molar-refractivity contribution in [2.75, 3.05) is 44.3 Å². The number of Topliss-reactive ketones (excluding diaryl/α,β-unsaturated/α-hetero) is 1. The van der Waals surface area contributed by atoms with Crippen LogP contribution in [0.4, 0.5) is 5.69 Å². The minimum absolute atomic E-state index is 0.0535. The fraction of sp³-hybridized carbons (Fsp3) is 0.286. The lowest BCUT2D eigenvalue weighted by atomic mass is 10.0. The average Bonchev–Trinajstić information content (AvgIpc) is 3.14. The number of rotatable bonds is 3. The van der Waals surface area contributed by atoms with Gasteiger partial charge in [-0.15, -0.1) is 0 Å². The van der Waals surface area contributed by atoms with Crippen molar-refractivity contribution in [3.8, 4) is 0 Å². The zero-order chi connectivity index (χ0) is 24.8. The molecule has 4 heterocycles. The summed E-state index contributed by atoms with van der Waals surface area (Å²) < 4.78 is 5.31. The molecule has 2 aromatic carbocycles. The van der Waals surface area contributed by atoms with Crippen LogP contribution in [0.25, 0.3) is 17.0 Å². The van der Waals surface area contributed by atoms with Crippen LogP contribution in [0.3, 0.4) is 0 Å². The molecular formula is C28H26N4O4. The molecular weight excluding hydrogens is 456 g/mol. The van der Waals surface area contributed by atoms with E-state index in [0.717, 1.165) is 31.7 Å². The van der Waals surface area contributed by atoms with Crippen molar-refractivity contribution in [2.24, 2.45) is 0 Å². The number of allylic oxidation sites excluding steroid dienone is 1. The third-order valence-corrected chi connectivity index (χ3v) is 7.17. The second kappa shape index (κ2) is 8.96. The number of fused-ring (bicyclic) bond motifs is 2. The van der Waals surface area contributed by atoms with Crippen molar-refractivity contribution in [1.82, 2.24) is 14.8 Å². The Morgan fingerprint density at radius 2 is 1.72 bits per heavy atom. The Kier molecular flexibility index (Phi) is 5.62. The second-order valence-corrected chi connectivity index (χ2v) is 9.36. The predicted molar refractivity (Wildman–Crippen MR) is 136 cm³/mol. The lowest BCUT2D eigenvalue weighted by Gasteiger charge is -2.42. The van der Waals surface area contributed by atoms with Crippen LogP contribution in [0, 0.1) is 0 Å². The number of amides is 2. The van der Waals surface area contributed by atoms with Crippen LogP contribution in [-0.2, 0) is 9.53 Å². The van der Waals surface area contributed by atoms with E-state index < -0.39 is 0 Å². The van der Waals surface area contributed by atoms with Crippen molar-refractivity contribution in [1.29, 1.82) is 0 Å². The number of aromatic nitrogens is 1. The molecule has 3 aliphatic heterocycles. The van der Waals surface area contributed by atoms with E-state index in [2.05, 4.69) is 4.90 Å². The third-order valence-electron chi connectivity index (χ3n) is 7.17. The summed E-state index contributed by atoms with van der Waals surface area (Å²) >= 11 is 0. The van der Waals surface area contributed by atoms with Gasteiger partial charge in [0.25, 0.3) is 5.91 Å². The molecule has 182 valence electrons. The van der Waals surface area contributed by atoms with Gasteiger partial charge < -0.3 is 9.64 Å². The minimum atomic E-state index is -0.258. The van der Waals surface area contributed by atoms with E-state index in [4.69, 9.17) is 9.72 Å². The van der Waals surface area contributed by atoms with Crippen LogP contribution in [0.2, 0.25) is 0 Å². The molecule has 2 fully saturated rings. The average molecular weight is 483 g/mol. The highest BCUT2D eigenvalue weighted by Crippen LogP contribution is 2.35. The normalized spacial score (nSPS) is 19.6. The maximum Gasteiger partial charge on any atom is 0.254 e. The van der Waals surface area contributed by atoms with Crippen LogP contribution >= 0.6 is 0 Å². The molecule has 2 saturated heterocycles. The molecule has 36 heavy (non-hydrogen) atoms. The lowest BCUT2D eigenvalue weighted by Crippen LogP contribution is -2.57. The number of nitrogens with zero attached hydrogens (tertiary/aromatic N) is 4. The number of carbonyl (C=O) groups excluding carboxylic acids is 3. The first-order valence-corrected chi connectivity index (χ1v) is 12.2. The van der Waals surface area contributed by atoms with Gasteiger partial charge in [-0.1, -0.05) is 30.3 Å². The van der Waals surface area contributed by atoms with E-state index in [1.807, 2.05) is 29.2 Å². The molecule has 0 radical (unpaired) electrons. The molecule has 2 amide bonds. The highest BCUT2D eigenvalue weighted by molar-refractivity contribution is 6.26. The fourth-order valence-electron chi connectivity index (χ4n) is 5.18. The number of hydrogen-bond donors (Lipinski definition) is 0. The third kappa shape index (κ3) is 3.79. The van der Waals surface area contributed by atoms with E-state index in [9.17, 15) is 14.4 Å². The smallest absolute Gasteiger partial charge is 0.254 e. The summed E-state index contributed by atoms with van der Waals surface area (Å²) in [6.07, 6.45) is 1.61. The van der Waals surface area contributed by atoms with E-state index >= 15 is 0 Å². The van der Waals surface area contributed by atoms with Gasteiger partial charge in [-0.3, -0.25) is 24.2 Å². The molecule has 0 saturated carbocycles. The molecule has 0 N–H and O–H groups in total. The van der Waals surface area contributed by atoms with Gasteiger partial charge in [-0.2, -0.15) is 0 Å². The maximum atomic E-state index is 13.7. The number of benzene rings is 2. The molecule has 3 aliphatic rings. The van der Waals surface area contributed by atoms with Crippen molar-refractivity contribution >= 4 is 40.3 Å². The maximum absolute atomic E-state index is 13.7. The van der Waals surface area contributed by atoms with Crippen LogP contribution in [0.15, 0.2) is 60.3 Å². The molecule has 3 aromatic rings. The number of carbonyl (C=O) groups is 3. The number of anilines is 1. The Bertz CT molecular complexity index is 1420. The van der Waals surface area contributed by atoms with E-state index in [0.29, 0.717) is 47.2 Å². The minimum Gasteiger partial charge on any atom is -0.378 e. The van der Waals surface area contributed by atoms with Crippen LogP contribution in [-0.4, -0.2) is 77.8 Å². The van der Waals surface area contributed by atoms with E-state index in [1.54, 1.807) is 36.4 Å². The summed E-state index contributed by atoms with van der Waals surface area (Å²) in [5, 5.41) is 0.768. The van der Waals surface area contributed by atoms with Crippen LogP contribution < -0.4 is 4.90 Å². The molecule has 6 rings (SSSR count). The molecule has 0 bridgehead atoms. The fourth-order valence-corrected chi connectivity index (χ4v) is 5.18. The Labute approximate surface area is 208 Å². The highest BCUT2D eigenvalue weighted by Gasteiger charge is 2.35. The summed E-state index contributed by atoms with van der Waals surface area (Å²) in [6.45, 7) is 5.89. The Balaban J connectivity index is 1.36. The Morgan fingerprint density at radius 1 is 1.00 bits per heavy atom. The summed E-state index contributed by atoms with van der Waals surface area (Å²) in [6, 6.07) is 16.8. The zero-order valence-corrected chi connectivity index (χ0v) is 20.0. The van der Waals surface area contributed by atoms with E-state index in [-0.39, 0.29) is 23.3 Å². The molecule has 0 atom stereocenters. The largest absolute Gasteiger partial charge is 0.378 e. The number of pyridine rings is 1. The van der Waals surface area contributed by atoms with Crippen molar-refractivity contribution in [2.45, 2.75) is 13.0 Å². The second-order valence-electron chi connectivity index (χ2n) is 9.36. The number of ether oxygens (including phenoxy) is 1. The number of ketones is 1. The number of para-hydroxylation sites is 2. The molecule has 8 heteroatoms. The molecule has 8 nitrogen and oxygen atoms in total. The summed E-state index contributed by atoms with van der Waals surface area (Å²) in [4.78, 5) is 49.7. The van der Waals surface area contributed by atoms with Gasteiger partial charge in [0.15, 0.2) is 0 Å². The molecule has 0 unspecified atom stereocenters. The SMILES string of the molecule is CC(=O)N1/C(=C\c2cc(C(=O)N3CCN(C4COC4)CC3)c3ccccc3n2)C(=O)c2ccccc21. The van der Waals surface area contributed by atoms with Gasteiger partial charge in [0.05, 0.1) is 47.4 Å². The Morgan fingerprint density at radius 3 is 2.44 bits per heavy atom. The van der Waals surface area contributed by atoms with Crippen molar-refractivity contribution < 1.29 is 19.1 Å². The lowest BCUT2D eigenvalue weighted by molar-refractivity contribution is -0.116. The first-order valence-electron chi connectivity index (χ1n) is 12.2. The monoisotopic (exact) mass is 482 g/mol. The molecule has 0 spiro atoms. The van der Waals surface area contributed by atoms with Crippen molar-refractivity contribution in [3.05, 3.63) is 77.1 Å². The van der Waals surface area contributed by atoms with E-state index in [1.165, 1.54) is 11.8 Å². The quantitative estimate of drug-likeness (QED) is 0.534. The van der Waals surface area contributed by atoms with Gasteiger partial charge in [-0.05, 0) is 30.3 Å². The standard InChI is InChI=1S/C28H26N4O4/c1-18(33)32-25-9-5-3-7-22(25)27(34)26(32)15-19-14-23(21-6-2-4-8-24(21)29-19)28(35)31-12-10-30(11-13-31)20-16-36-17-20/h2-9,14-15,20H,10-13,16-17H2,1H3/b26-15-. The zero-order valence-electron chi connectivity index (χ0n) is 20.0. The van der Waals surface area contributed by atoms with Crippen LogP contribution in [0.1, 0.15) is 33.3 Å². The van der Waals surface area contributed by atoms with Gasteiger partial charge in [0.1, 0.15) is 0 Å². The Hall–Kier alpha value is -3.88. The predicted octanol–water partition coefficient (Wildman–Crippen LogP) is 2.98. The number of piperazine rings is 1. The molecule has 0 aliphatic carbocycles. The highest BCUT2D eigenvalue weighted by atomic mass is 16.5. The van der Waals surface area contributed by atoms with Gasteiger partial charge in [0.2, 0.25) is 11.7 Å². The van der Waals surface area contributed by atoms with Gasteiger partial charge in [-0.25, -0.2) is 4.98 Å².